The molecular formula is C23H26FN5O7. The number of β-amino-alcohol motifs (C(OH)–C–C–N with tert-alkyl or cyclic N) is 1. The lowest BCUT2D eigenvalue weighted by Gasteiger charge is -2.23. The zero-order valence-electron chi connectivity index (χ0n) is 18.9. The van der Waals surface area contributed by atoms with Gasteiger partial charge in [-0.1, -0.05) is 12.1 Å². The largest absolute Gasteiger partial charge is 0.508 e. The van der Waals surface area contributed by atoms with Crippen LogP contribution in [0.5, 0.6) is 5.75 Å². The lowest BCUT2D eigenvalue weighted by molar-refractivity contribution is -0.138. The van der Waals surface area contributed by atoms with Crippen molar-refractivity contribution in [3.63, 3.8) is 0 Å². The molecule has 1 aliphatic heterocycles. The molecule has 0 spiro atoms. The van der Waals surface area contributed by atoms with Gasteiger partial charge in [-0.2, -0.15) is 0 Å². The van der Waals surface area contributed by atoms with Gasteiger partial charge >= 0.3 is 5.97 Å². The van der Waals surface area contributed by atoms with Crippen LogP contribution < -0.4 is 21.3 Å². The van der Waals surface area contributed by atoms with E-state index in [4.69, 9.17) is 5.11 Å². The standard InChI is InChI=1S/C23H26FN5O7/c24-14-3-1-12(2-4-14)21(35)18(8-20(33)34)29-19(32)11-25-22(36)13-5-15(7-16(30)6-13)28-23-26-9-17(31)10-27-23/h1-7,17-18,21,30-31,35H,8-11H2,(H,25,36)(H,29,32)(H,33,34)(H2,26,27,28). The summed E-state index contributed by atoms with van der Waals surface area (Å²) in [4.78, 5) is 40.2. The first-order chi connectivity index (χ1) is 17.1. The maximum atomic E-state index is 13.1. The third kappa shape index (κ3) is 7.65. The van der Waals surface area contributed by atoms with E-state index in [1.807, 2.05) is 0 Å². The third-order valence-corrected chi connectivity index (χ3v) is 5.15. The Bertz CT molecular complexity index is 1140. The maximum absolute atomic E-state index is 13.1. The number of carboxylic acids is 1. The molecular weight excluding hydrogens is 477 g/mol. The highest BCUT2D eigenvalue weighted by Crippen LogP contribution is 2.21. The van der Waals surface area contributed by atoms with Crippen molar-refractivity contribution in [3.05, 3.63) is 59.4 Å². The molecule has 0 fully saturated rings. The summed E-state index contributed by atoms with van der Waals surface area (Å²) in [6.45, 7) is -0.0726. The minimum absolute atomic E-state index is 0.0233. The second-order valence-electron chi connectivity index (χ2n) is 8.07. The number of carbonyl (C=O) groups is 3. The topological polar surface area (TPSA) is 193 Å². The van der Waals surface area contributed by atoms with Crippen molar-refractivity contribution < 1.29 is 39.2 Å². The number of aliphatic hydroxyl groups excluding tert-OH is 2. The van der Waals surface area contributed by atoms with Gasteiger partial charge in [0, 0.05) is 23.9 Å². The highest BCUT2D eigenvalue weighted by Gasteiger charge is 2.26. The number of aromatic hydroxyl groups is 1. The van der Waals surface area contributed by atoms with Crippen LogP contribution in [0.25, 0.3) is 0 Å². The average Bonchev–Trinajstić information content (AvgIpc) is 2.83. The van der Waals surface area contributed by atoms with E-state index in [1.54, 1.807) is 0 Å². The van der Waals surface area contributed by atoms with Gasteiger partial charge in [0.25, 0.3) is 5.91 Å². The number of aliphatic hydroxyl groups is 2. The summed E-state index contributed by atoms with van der Waals surface area (Å²) >= 11 is 0. The third-order valence-electron chi connectivity index (χ3n) is 5.15. The second-order valence-corrected chi connectivity index (χ2v) is 8.07. The number of halogens is 1. The second kappa shape index (κ2) is 12.0. The molecule has 0 aliphatic carbocycles. The Kier molecular flexibility index (Phi) is 8.76. The molecule has 1 heterocycles. The predicted octanol–water partition coefficient (Wildman–Crippen LogP) is -0.314. The van der Waals surface area contributed by atoms with Gasteiger partial charge in [0.2, 0.25) is 5.91 Å². The number of guanidine groups is 1. The van der Waals surface area contributed by atoms with Crippen LogP contribution in [0.3, 0.4) is 0 Å². The Morgan fingerprint density at radius 3 is 2.53 bits per heavy atom. The zero-order chi connectivity index (χ0) is 26.2. The van der Waals surface area contributed by atoms with E-state index in [9.17, 15) is 34.1 Å². The Hall–Kier alpha value is -4.23. The van der Waals surface area contributed by atoms with Crippen molar-refractivity contribution in [1.29, 1.82) is 0 Å². The molecule has 2 aromatic rings. The summed E-state index contributed by atoms with van der Waals surface area (Å²) in [6, 6.07) is 7.44. The lowest BCUT2D eigenvalue weighted by atomic mass is 9.99. The smallest absolute Gasteiger partial charge is 0.305 e. The first-order valence-corrected chi connectivity index (χ1v) is 10.9. The van der Waals surface area contributed by atoms with E-state index < -0.39 is 54.8 Å². The number of anilines is 1. The molecule has 13 heteroatoms. The van der Waals surface area contributed by atoms with Crippen molar-refractivity contribution in [1.82, 2.24) is 16.0 Å². The Morgan fingerprint density at radius 1 is 1.17 bits per heavy atom. The van der Waals surface area contributed by atoms with Crippen LogP contribution in [0.2, 0.25) is 0 Å². The van der Waals surface area contributed by atoms with E-state index in [0.29, 0.717) is 11.6 Å². The fourth-order valence-corrected chi connectivity index (χ4v) is 3.41. The molecule has 2 amide bonds. The van der Waals surface area contributed by atoms with Gasteiger partial charge in [0.1, 0.15) is 11.6 Å². The van der Waals surface area contributed by atoms with Crippen LogP contribution in [0.1, 0.15) is 28.4 Å². The SMILES string of the molecule is O=C(O)CC(NC(=O)CNC(=O)c1cc(O)cc(NC2=NCC(O)CN2)c1)C(O)c1ccc(F)cc1. The molecule has 1 aliphatic rings. The van der Waals surface area contributed by atoms with Gasteiger partial charge in [-0.3, -0.25) is 19.4 Å². The average molecular weight is 503 g/mol. The molecule has 0 radical (unpaired) electrons. The minimum Gasteiger partial charge on any atom is -0.508 e. The monoisotopic (exact) mass is 503 g/mol. The van der Waals surface area contributed by atoms with E-state index in [-0.39, 0.29) is 30.0 Å². The number of nitrogens with zero attached hydrogens (tertiary/aromatic N) is 1. The van der Waals surface area contributed by atoms with Crippen molar-refractivity contribution in [2.45, 2.75) is 24.7 Å². The molecule has 2 aromatic carbocycles. The number of hydrogen-bond acceptors (Lipinski definition) is 9. The lowest BCUT2D eigenvalue weighted by Crippen LogP contribution is -2.45. The van der Waals surface area contributed by atoms with Gasteiger partial charge in [0.05, 0.1) is 37.8 Å². The maximum Gasteiger partial charge on any atom is 0.305 e. The van der Waals surface area contributed by atoms with E-state index >= 15 is 0 Å². The fourth-order valence-electron chi connectivity index (χ4n) is 3.41. The minimum atomic E-state index is -1.43. The van der Waals surface area contributed by atoms with Gasteiger partial charge in [-0.25, -0.2) is 4.39 Å². The molecule has 0 bridgehead atoms. The zero-order valence-corrected chi connectivity index (χ0v) is 18.9. The number of benzene rings is 2. The number of nitrogens with one attached hydrogen (secondary N) is 4. The summed E-state index contributed by atoms with van der Waals surface area (Å²) in [5.41, 5.74) is 0.560. The molecule has 36 heavy (non-hydrogen) atoms. The molecule has 192 valence electrons. The molecule has 0 aromatic heterocycles. The van der Waals surface area contributed by atoms with Gasteiger partial charge in [-0.15, -0.1) is 0 Å². The fraction of sp³-hybridized carbons (Fsp3) is 0.304. The van der Waals surface area contributed by atoms with Gasteiger partial charge in [-0.05, 0) is 29.8 Å². The van der Waals surface area contributed by atoms with Crippen molar-refractivity contribution >= 4 is 29.4 Å². The first-order valence-electron chi connectivity index (χ1n) is 10.9. The molecule has 3 unspecified atom stereocenters. The van der Waals surface area contributed by atoms with E-state index in [0.717, 1.165) is 12.1 Å². The highest BCUT2D eigenvalue weighted by molar-refractivity contribution is 6.00. The molecule has 0 saturated carbocycles. The normalized spacial score (nSPS) is 16.6. The van der Waals surface area contributed by atoms with Gasteiger partial charge in [0.15, 0.2) is 5.96 Å². The van der Waals surface area contributed by atoms with Crippen LogP contribution in [-0.2, 0) is 9.59 Å². The number of phenols is 1. The van der Waals surface area contributed by atoms with E-state index in [1.165, 1.54) is 30.3 Å². The van der Waals surface area contributed by atoms with Crippen molar-refractivity contribution in [2.75, 3.05) is 25.0 Å². The Morgan fingerprint density at radius 2 is 1.89 bits per heavy atom. The molecule has 3 rings (SSSR count). The number of carboxylic acid groups (broad SMARTS) is 1. The van der Waals surface area contributed by atoms with Crippen LogP contribution >= 0.6 is 0 Å². The Labute approximate surface area is 204 Å². The highest BCUT2D eigenvalue weighted by atomic mass is 19.1. The van der Waals surface area contributed by atoms with Crippen molar-refractivity contribution in [2.24, 2.45) is 4.99 Å². The van der Waals surface area contributed by atoms with E-state index in [2.05, 4.69) is 26.3 Å². The predicted molar refractivity (Wildman–Crippen MR) is 126 cm³/mol. The number of carbonyl (C=O) groups excluding carboxylic acids is 2. The Balaban J connectivity index is 1.60. The summed E-state index contributed by atoms with van der Waals surface area (Å²) in [6.07, 6.45) is -2.66. The summed E-state index contributed by atoms with van der Waals surface area (Å²) in [7, 11) is 0. The summed E-state index contributed by atoms with van der Waals surface area (Å²) in [5.74, 6) is -3.17. The van der Waals surface area contributed by atoms with Crippen LogP contribution in [0.4, 0.5) is 10.1 Å². The number of amides is 2. The quantitative estimate of drug-likeness (QED) is 0.227. The van der Waals surface area contributed by atoms with Crippen LogP contribution in [0, 0.1) is 5.82 Å². The number of rotatable bonds is 9. The molecule has 0 saturated heterocycles. The number of hydrogen-bond donors (Lipinski definition) is 8. The summed E-state index contributed by atoms with van der Waals surface area (Å²) in [5, 5.41) is 49.5. The van der Waals surface area contributed by atoms with Crippen LogP contribution in [-0.4, -0.2) is 75.9 Å². The van der Waals surface area contributed by atoms with Crippen LogP contribution in [0.15, 0.2) is 47.5 Å². The molecule has 8 N–H and O–H groups in total. The number of phenolic OH excluding ortho intramolecular Hbond substituents is 1. The molecule has 12 nitrogen and oxygen atoms in total. The van der Waals surface area contributed by atoms with Gasteiger partial charge < -0.3 is 41.7 Å². The number of aliphatic carboxylic acids is 1. The van der Waals surface area contributed by atoms with Crippen molar-refractivity contribution in [3.8, 4) is 5.75 Å². The summed E-state index contributed by atoms with van der Waals surface area (Å²) < 4.78 is 13.1. The number of aliphatic imine (C=N–C) groups is 1. The first kappa shape index (κ1) is 26.4. The molecule has 3 atom stereocenters.